The molecule has 1 atom stereocenters. The molecule has 3 N–H and O–H groups in total. The van der Waals surface area contributed by atoms with E-state index in [-0.39, 0.29) is 11.1 Å². The Labute approximate surface area is 170 Å². The number of rotatable bonds is 4. The number of nitrogens with zero attached hydrogens (tertiary/aromatic N) is 2. The normalized spacial score (nSPS) is 16.6. The summed E-state index contributed by atoms with van der Waals surface area (Å²) in [4.78, 5) is 7.21. The Hall–Kier alpha value is -2.58. The maximum Gasteiger partial charge on any atom is 0.185 e. The fraction of sp³-hybridized carbons (Fsp3) is 0.286. The molecule has 1 aliphatic heterocycles. The van der Waals surface area contributed by atoms with Crippen molar-refractivity contribution in [3.05, 3.63) is 59.2 Å². The van der Waals surface area contributed by atoms with Crippen LogP contribution in [-0.4, -0.2) is 34.6 Å². The second-order valence-corrected chi connectivity index (χ2v) is 8.58. The van der Waals surface area contributed by atoms with Crippen molar-refractivity contribution < 1.29 is 13.0 Å². The number of aromatic nitrogens is 1. The van der Waals surface area contributed by atoms with Crippen LogP contribution in [0.4, 0.5) is 20.3 Å². The molecule has 29 heavy (non-hydrogen) atoms. The summed E-state index contributed by atoms with van der Waals surface area (Å²) in [6.45, 7) is 3.40. The Morgan fingerprint density at radius 3 is 2.83 bits per heavy atom. The monoisotopic (exact) mass is 416 g/mol. The second kappa shape index (κ2) is 8.04. The zero-order valence-electron chi connectivity index (χ0n) is 16.0. The molecule has 5 nitrogen and oxygen atoms in total. The van der Waals surface area contributed by atoms with Crippen molar-refractivity contribution in [3.63, 3.8) is 0 Å². The number of fused-ring (bicyclic) bond motifs is 2. The highest BCUT2D eigenvalue weighted by Crippen LogP contribution is 2.33. The van der Waals surface area contributed by atoms with Crippen molar-refractivity contribution in [2.75, 3.05) is 35.6 Å². The Kier molecular flexibility index (Phi) is 5.47. The standard InChI is InChI=1S/C21H22F2N4OS/c1-13-10-15-16(25-7-6-24)11-18(26-21(15)20(23)19(13)22)27-8-9-29(28)17-5-3-2-4-14(17)12-27/h2-5,10-11H,6-9,12,24H2,1H3,(H,25,26). The van der Waals surface area contributed by atoms with Gasteiger partial charge in [-0.3, -0.25) is 4.21 Å². The first-order chi connectivity index (χ1) is 14.0. The smallest absolute Gasteiger partial charge is 0.185 e. The minimum absolute atomic E-state index is 0.0243. The van der Waals surface area contributed by atoms with E-state index in [1.807, 2.05) is 35.2 Å². The second-order valence-electron chi connectivity index (χ2n) is 7.04. The van der Waals surface area contributed by atoms with Crippen LogP contribution in [-0.2, 0) is 17.3 Å². The number of nitrogens with two attached hydrogens (primary N) is 1. The number of aryl methyl sites for hydroxylation is 1. The van der Waals surface area contributed by atoms with Gasteiger partial charge in [0.1, 0.15) is 11.3 Å². The van der Waals surface area contributed by atoms with Crippen molar-refractivity contribution >= 4 is 33.2 Å². The average molecular weight is 416 g/mol. The minimum atomic E-state index is -1.11. The number of nitrogens with one attached hydrogen (secondary N) is 1. The molecule has 1 aliphatic rings. The van der Waals surface area contributed by atoms with Gasteiger partial charge >= 0.3 is 0 Å². The van der Waals surface area contributed by atoms with Crippen LogP contribution in [0.25, 0.3) is 10.9 Å². The molecule has 0 aliphatic carbocycles. The van der Waals surface area contributed by atoms with Crippen LogP contribution in [0.3, 0.4) is 0 Å². The van der Waals surface area contributed by atoms with Gasteiger partial charge in [-0.15, -0.1) is 0 Å². The first-order valence-electron chi connectivity index (χ1n) is 9.44. The van der Waals surface area contributed by atoms with E-state index in [1.54, 1.807) is 6.07 Å². The Morgan fingerprint density at radius 1 is 1.24 bits per heavy atom. The van der Waals surface area contributed by atoms with Gasteiger partial charge in [-0.05, 0) is 30.2 Å². The molecule has 0 radical (unpaired) electrons. The lowest BCUT2D eigenvalue weighted by Crippen LogP contribution is -2.26. The molecule has 0 amide bonds. The minimum Gasteiger partial charge on any atom is -0.383 e. The molecule has 3 aromatic rings. The number of anilines is 2. The van der Waals surface area contributed by atoms with E-state index < -0.39 is 22.4 Å². The van der Waals surface area contributed by atoms with E-state index >= 15 is 0 Å². The zero-order valence-corrected chi connectivity index (χ0v) is 16.9. The van der Waals surface area contributed by atoms with Crippen molar-refractivity contribution in [2.45, 2.75) is 18.4 Å². The fourth-order valence-corrected chi connectivity index (χ4v) is 4.83. The summed E-state index contributed by atoms with van der Waals surface area (Å²) < 4.78 is 41.5. The van der Waals surface area contributed by atoms with Gasteiger partial charge in [0.2, 0.25) is 0 Å². The molecule has 0 bridgehead atoms. The van der Waals surface area contributed by atoms with E-state index in [4.69, 9.17) is 5.73 Å². The molecule has 152 valence electrons. The summed E-state index contributed by atoms with van der Waals surface area (Å²) in [5.74, 6) is -0.911. The number of halogens is 2. The molecule has 1 aromatic heterocycles. The van der Waals surface area contributed by atoms with E-state index in [0.29, 0.717) is 48.8 Å². The van der Waals surface area contributed by atoms with Gasteiger partial charge in [-0.1, -0.05) is 18.2 Å². The number of benzene rings is 2. The Balaban J connectivity index is 1.84. The molecule has 2 aromatic carbocycles. The third-order valence-corrected chi connectivity index (χ3v) is 6.50. The molecule has 0 saturated carbocycles. The first kappa shape index (κ1) is 19.7. The van der Waals surface area contributed by atoms with Crippen LogP contribution < -0.4 is 16.0 Å². The van der Waals surface area contributed by atoms with Gasteiger partial charge in [0.25, 0.3) is 0 Å². The molecule has 4 rings (SSSR count). The van der Waals surface area contributed by atoms with Crippen LogP contribution in [0.1, 0.15) is 11.1 Å². The number of hydrogen-bond acceptors (Lipinski definition) is 5. The van der Waals surface area contributed by atoms with E-state index in [0.717, 1.165) is 10.5 Å². The van der Waals surface area contributed by atoms with Crippen LogP contribution >= 0.6 is 0 Å². The van der Waals surface area contributed by atoms with Crippen molar-refractivity contribution in [1.82, 2.24) is 4.98 Å². The van der Waals surface area contributed by atoms with E-state index in [1.165, 1.54) is 6.92 Å². The quantitative estimate of drug-likeness (QED) is 0.683. The fourth-order valence-electron chi connectivity index (χ4n) is 3.57. The molecule has 2 heterocycles. The molecule has 8 heteroatoms. The summed E-state index contributed by atoms with van der Waals surface area (Å²) in [5, 5.41) is 3.70. The van der Waals surface area contributed by atoms with Gasteiger partial charge in [0.05, 0.1) is 10.8 Å². The van der Waals surface area contributed by atoms with Crippen LogP contribution in [0.2, 0.25) is 0 Å². The first-order valence-corrected chi connectivity index (χ1v) is 10.8. The number of pyridine rings is 1. The maximum absolute atomic E-state index is 14.7. The molecule has 1 unspecified atom stereocenters. The average Bonchev–Trinajstić information content (AvgIpc) is 2.90. The van der Waals surface area contributed by atoms with Gasteiger partial charge in [0.15, 0.2) is 11.6 Å². The predicted molar refractivity (Wildman–Crippen MR) is 113 cm³/mol. The lowest BCUT2D eigenvalue weighted by Gasteiger charge is -2.23. The summed E-state index contributed by atoms with van der Waals surface area (Å²) >= 11 is 0. The predicted octanol–water partition coefficient (Wildman–Crippen LogP) is 3.32. The third-order valence-electron chi connectivity index (χ3n) is 5.06. The molecule has 0 saturated heterocycles. The summed E-state index contributed by atoms with van der Waals surface area (Å²) in [5.41, 5.74) is 7.41. The van der Waals surface area contributed by atoms with E-state index in [9.17, 15) is 13.0 Å². The Morgan fingerprint density at radius 2 is 2.03 bits per heavy atom. The summed E-state index contributed by atoms with van der Waals surface area (Å²) in [7, 11) is -1.11. The van der Waals surface area contributed by atoms with Crippen molar-refractivity contribution in [1.29, 1.82) is 0 Å². The van der Waals surface area contributed by atoms with Gasteiger partial charge in [-0.2, -0.15) is 0 Å². The molecule has 0 fully saturated rings. The van der Waals surface area contributed by atoms with Gasteiger partial charge in [-0.25, -0.2) is 13.8 Å². The zero-order chi connectivity index (χ0) is 20.5. The van der Waals surface area contributed by atoms with Crippen molar-refractivity contribution in [2.24, 2.45) is 5.73 Å². The number of hydrogen-bond donors (Lipinski definition) is 2. The highest BCUT2D eigenvalue weighted by molar-refractivity contribution is 7.85. The van der Waals surface area contributed by atoms with E-state index in [2.05, 4.69) is 10.3 Å². The molecular weight excluding hydrogens is 394 g/mol. The Bertz CT molecular complexity index is 1110. The highest BCUT2D eigenvalue weighted by atomic mass is 32.2. The lowest BCUT2D eigenvalue weighted by atomic mass is 10.1. The van der Waals surface area contributed by atoms with Crippen LogP contribution in [0, 0.1) is 18.6 Å². The lowest BCUT2D eigenvalue weighted by molar-refractivity contribution is 0.510. The summed E-state index contributed by atoms with van der Waals surface area (Å²) in [6.07, 6.45) is 0. The SMILES string of the molecule is Cc1cc2c(NCCN)cc(N3CCS(=O)c4ccccc4C3)nc2c(F)c1F. The maximum atomic E-state index is 14.7. The highest BCUT2D eigenvalue weighted by Gasteiger charge is 2.22. The summed E-state index contributed by atoms with van der Waals surface area (Å²) in [6, 6.07) is 11.0. The molecule has 0 spiro atoms. The molecular formula is C21H22F2N4OS. The van der Waals surface area contributed by atoms with Crippen LogP contribution in [0.15, 0.2) is 41.3 Å². The van der Waals surface area contributed by atoms with Crippen LogP contribution in [0.5, 0.6) is 0 Å². The van der Waals surface area contributed by atoms with Gasteiger partial charge < -0.3 is 16.0 Å². The largest absolute Gasteiger partial charge is 0.383 e. The third kappa shape index (κ3) is 3.70. The van der Waals surface area contributed by atoms with Gasteiger partial charge in [0, 0.05) is 54.0 Å². The topological polar surface area (TPSA) is 71.2 Å². The van der Waals surface area contributed by atoms with Crippen molar-refractivity contribution in [3.8, 4) is 0 Å².